The Hall–Kier alpha value is -5.14. The lowest BCUT2D eigenvalue weighted by molar-refractivity contribution is 0.278. The van der Waals surface area contributed by atoms with Gasteiger partial charge in [0.1, 0.15) is 11.9 Å². The van der Waals surface area contributed by atoms with Crippen molar-refractivity contribution in [3.05, 3.63) is 156 Å². The number of aryl methyl sites for hydroxylation is 2. The Morgan fingerprint density at radius 3 is 1.49 bits per heavy atom. The minimum Gasteiger partial charge on any atom is -0.484 e. The van der Waals surface area contributed by atoms with Crippen LogP contribution in [0.15, 0.2) is 133 Å². The van der Waals surface area contributed by atoms with Gasteiger partial charge in [-0.3, -0.25) is 0 Å². The summed E-state index contributed by atoms with van der Waals surface area (Å²) in [5, 5.41) is 10.4. The Bertz CT molecular complexity index is 2240. The van der Waals surface area contributed by atoms with E-state index in [1.165, 1.54) is 82.0 Å². The van der Waals surface area contributed by atoms with Gasteiger partial charge in [-0.25, -0.2) is 0 Å². The van der Waals surface area contributed by atoms with Crippen LogP contribution in [-0.4, -0.2) is 6.10 Å². The van der Waals surface area contributed by atoms with Crippen LogP contribution in [0.3, 0.4) is 0 Å². The van der Waals surface area contributed by atoms with Crippen LogP contribution in [0.5, 0.6) is 5.75 Å². The highest BCUT2D eigenvalue weighted by molar-refractivity contribution is 6.15. The van der Waals surface area contributed by atoms with E-state index in [4.69, 9.17) is 4.74 Å². The fourth-order valence-corrected chi connectivity index (χ4v) is 7.82. The molecule has 1 nitrogen and oxygen atoms in total. The average Bonchev–Trinajstić information content (AvgIpc) is 3.44. The molecule has 2 atom stereocenters. The molecule has 204 valence electrons. The number of allylic oxidation sites excluding steroid dienone is 2. The molecule has 0 fully saturated rings. The zero-order valence-electron chi connectivity index (χ0n) is 24.3. The van der Waals surface area contributed by atoms with Gasteiger partial charge in [0.15, 0.2) is 0 Å². The Balaban J connectivity index is 1.23. The number of ether oxygens (including phenoxy) is 1. The third-order valence-electron chi connectivity index (χ3n) is 9.83. The molecule has 7 aromatic carbocycles. The van der Waals surface area contributed by atoms with Crippen molar-refractivity contribution < 1.29 is 4.74 Å². The third-order valence-corrected chi connectivity index (χ3v) is 9.83. The molecular weight excluding hydrogens is 520 g/mol. The number of hydrogen-bond acceptors (Lipinski definition) is 1. The van der Waals surface area contributed by atoms with Crippen molar-refractivity contribution in [2.24, 2.45) is 0 Å². The molecule has 1 aliphatic carbocycles. The minimum atomic E-state index is -0.0729. The highest BCUT2D eigenvalue weighted by Crippen LogP contribution is 2.50. The van der Waals surface area contributed by atoms with Crippen LogP contribution in [0.1, 0.15) is 28.2 Å². The van der Waals surface area contributed by atoms with Gasteiger partial charge in [-0.2, -0.15) is 0 Å². The van der Waals surface area contributed by atoms with Gasteiger partial charge in [-0.05, 0) is 96.9 Å². The lowest BCUT2D eigenvalue weighted by Gasteiger charge is -2.26. The summed E-state index contributed by atoms with van der Waals surface area (Å²) >= 11 is 0. The summed E-state index contributed by atoms with van der Waals surface area (Å²) in [7, 11) is 0. The Morgan fingerprint density at radius 2 is 0.977 bits per heavy atom. The number of rotatable bonds is 2. The Labute approximate surface area is 251 Å². The first-order valence-corrected chi connectivity index (χ1v) is 15.2. The predicted molar refractivity (Wildman–Crippen MR) is 182 cm³/mol. The third kappa shape index (κ3) is 3.46. The molecule has 2 unspecified atom stereocenters. The molecule has 1 heteroatoms. The molecule has 0 bridgehead atoms. The van der Waals surface area contributed by atoms with E-state index in [1.807, 2.05) is 0 Å². The van der Waals surface area contributed by atoms with Crippen LogP contribution < -0.4 is 4.74 Å². The molecule has 43 heavy (non-hydrogen) atoms. The highest BCUT2D eigenvalue weighted by atomic mass is 16.5. The summed E-state index contributed by atoms with van der Waals surface area (Å²) in [6, 6.07) is 42.2. The van der Waals surface area contributed by atoms with Crippen LogP contribution >= 0.6 is 0 Å². The van der Waals surface area contributed by atoms with Crippen molar-refractivity contribution in [3.8, 4) is 16.9 Å². The van der Waals surface area contributed by atoms with Gasteiger partial charge >= 0.3 is 0 Å². The van der Waals surface area contributed by atoms with Gasteiger partial charge in [0.2, 0.25) is 0 Å². The first-order valence-electron chi connectivity index (χ1n) is 15.2. The van der Waals surface area contributed by atoms with E-state index in [1.54, 1.807) is 0 Å². The second-order valence-corrected chi connectivity index (χ2v) is 12.0. The molecule has 0 spiro atoms. The molecule has 0 saturated carbocycles. The minimum absolute atomic E-state index is 0.0729. The van der Waals surface area contributed by atoms with Crippen molar-refractivity contribution >= 4 is 48.7 Å². The van der Waals surface area contributed by atoms with E-state index < -0.39 is 0 Å². The van der Waals surface area contributed by atoms with Crippen molar-refractivity contribution in [3.63, 3.8) is 0 Å². The summed E-state index contributed by atoms with van der Waals surface area (Å²) in [4.78, 5) is 0. The normalized spacial score (nSPS) is 17.3. The van der Waals surface area contributed by atoms with Gasteiger partial charge in [0, 0.05) is 17.1 Å². The van der Waals surface area contributed by atoms with Crippen LogP contribution in [0.25, 0.3) is 59.8 Å². The standard InChI is InChI=1S/C42H30O/c1-25-28-12-3-7-16-32(28)40(33-17-8-4-13-29(25)33)27-22-23-39-38(24-27)36-20-11-21-37(42(36)43-39)41-34-18-9-5-14-30(34)26(2)31-15-6-10-19-35(31)41/h3-24,36,42H,1-2H3. The smallest absolute Gasteiger partial charge is 0.135 e. The second kappa shape index (κ2) is 9.18. The number of fused-ring (bicyclic) bond motifs is 7. The summed E-state index contributed by atoms with van der Waals surface area (Å²) < 4.78 is 6.87. The number of benzene rings is 7. The topological polar surface area (TPSA) is 9.23 Å². The summed E-state index contributed by atoms with van der Waals surface area (Å²) in [5.41, 5.74) is 9.01. The van der Waals surface area contributed by atoms with Gasteiger partial charge in [0.05, 0.1) is 0 Å². The van der Waals surface area contributed by atoms with Crippen LogP contribution in [0, 0.1) is 13.8 Å². The zero-order chi connectivity index (χ0) is 28.7. The van der Waals surface area contributed by atoms with Gasteiger partial charge < -0.3 is 4.74 Å². The van der Waals surface area contributed by atoms with Crippen molar-refractivity contribution in [1.82, 2.24) is 0 Å². The molecule has 0 aromatic heterocycles. The highest BCUT2D eigenvalue weighted by Gasteiger charge is 2.38. The second-order valence-electron chi connectivity index (χ2n) is 12.0. The molecule has 0 saturated heterocycles. The molecule has 9 rings (SSSR count). The maximum Gasteiger partial charge on any atom is 0.135 e. The molecule has 0 N–H and O–H groups in total. The summed E-state index contributed by atoms with van der Waals surface area (Å²) in [6.45, 7) is 4.49. The molecule has 2 aliphatic rings. The molecule has 0 radical (unpaired) electrons. The molecule has 1 aliphatic heterocycles. The predicted octanol–water partition coefficient (Wildman–Crippen LogP) is 11.1. The monoisotopic (exact) mass is 550 g/mol. The van der Waals surface area contributed by atoms with Gasteiger partial charge in [-0.1, -0.05) is 121 Å². The fourth-order valence-electron chi connectivity index (χ4n) is 7.82. The van der Waals surface area contributed by atoms with Crippen LogP contribution in [0.4, 0.5) is 0 Å². The van der Waals surface area contributed by atoms with Crippen LogP contribution in [0.2, 0.25) is 0 Å². The summed E-state index contributed by atoms with van der Waals surface area (Å²) in [6.07, 6.45) is 6.77. The molecule has 7 aromatic rings. The lowest BCUT2D eigenvalue weighted by Crippen LogP contribution is -2.21. The van der Waals surface area contributed by atoms with E-state index in [-0.39, 0.29) is 12.0 Å². The summed E-state index contributed by atoms with van der Waals surface area (Å²) in [5.74, 6) is 1.13. The van der Waals surface area contributed by atoms with E-state index in [2.05, 4.69) is 147 Å². The van der Waals surface area contributed by atoms with Crippen molar-refractivity contribution in [1.29, 1.82) is 0 Å². The quantitative estimate of drug-likeness (QED) is 0.195. The molecule has 1 heterocycles. The van der Waals surface area contributed by atoms with E-state index in [0.717, 1.165) is 5.75 Å². The van der Waals surface area contributed by atoms with Gasteiger partial charge in [0.25, 0.3) is 0 Å². The maximum atomic E-state index is 6.87. The van der Waals surface area contributed by atoms with Gasteiger partial charge in [-0.15, -0.1) is 0 Å². The zero-order valence-corrected chi connectivity index (χ0v) is 24.3. The maximum absolute atomic E-state index is 6.87. The largest absolute Gasteiger partial charge is 0.484 e. The Morgan fingerprint density at radius 1 is 0.512 bits per heavy atom. The average molecular weight is 551 g/mol. The lowest BCUT2D eigenvalue weighted by atomic mass is 9.80. The van der Waals surface area contributed by atoms with Crippen molar-refractivity contribution in [2.45, 2.75) is 25.9 Å². The van der Waals surface area contributed by atoms with E-state index in [9.17, 15) is 0 Å². The SMILES string of the molecule is Cc1c2ccccc2c(C2=CC=CC3c4cc(-c5c6ccccc6c(C)c6ccccc56)ccc4OC23)c2ccccc12. The fraction of sp³-hybridized carbons (Fsp3) is 0.0952. The van der Waals surface area contributed by atoms with Crippen LogP contribution in [-0.2, 0) is 0 Å². The van der Waals surface area contributed by atoms with Crippen molar-refractivity contribution in [2.75, 3.05) is 0 Å². The van der Waals surface area contributed by atoms with E-state index in [0.29, 0.717) is 0 Å². The molecular formula is C42H30O. The van der Waals surface area contributed by atoms with E-state index >= 15 is 0 Å². The number of hydrogen-bond donors (Lipinski definition) is 0. The first-order chi connectivity index (χ1) is 21.2. The Kier molecular flexibility index (Phi) is 5.22. The first kappa shape index (κ1) is 24.5. The molecule has 0 amide bonds.